The van der Waals surface area contributed by atoms with Crippen LogP contribution in [0.1, 0.15) is 39.2 Å². The van der Waals surface area contributed by atoms with E-state index in [1.54, 1.807) is 24.1 Å². The van der Waals surface area contributed by atoms with E-state index in [2.05, 4.69) is 20.8 Å². The van der Waals surface area contributed by atoms with Crippen molar-refractivity contribution in [3.63, 3.8) is 0 Å². The van der Waals surface area contributed by atoms with Gasteiger partial charge in [0.15, 0.2) is 6.61 Å². The fourth-order valence-corrected chi connectivity index (χ4v) is 1.87. The maximum Gasteiger partial charge on any atom is 0.341 e. The maximum absolute atomic E-state index is 12.1. The zero-order valence-electron chi connectivity index (χ0n) is 13.8. The second kappa shape index (κ2) is 7.82. The Kier molecular flexibility index (Phi) is 6.40. The summed E-state index contributed by atoms with van der Waals surface area (Å²) in [5.41, 5.74) is 1.13. The number of rotatable bonds is 7. The van der Waals surface area contributed by atoms with Gasteiger partial charge >= 0.3 is 5.97 Å². The van der Waals surface area contributed by atoms with Crippen LogP contribution < -0.4 is 4.74 Å². The van der Waals surface area contributed by atoms with Crippen molar-refractivity contribution in [2.24, 2.45) is 5.41 Å². The number of benzene rings is 1. The lowest BCUT2D eigenvalue weighted by Gasteiger charge is -2.21. The maximum atomic E-state index is 12.1. The highest BCUT2D eigenvalue weighted by Crippen LogP contribution is 2.21. The van der Waals surface area contributed by atoms with Crippen molar-refractivity contribution in [1.29, 1.82) is 0 Å². The van der Waals surface area contributed by atoms with Gasteiger partial charge in [0.1, 0.15) is 5.75 Å². The van der Waals surface area contributed by atoms with Gasteiger partial charge in [-0.2, -0.15) is 0 Å². The average molecular weight is 307 g/mol. The fraction of sp³-hybridized carbons (Fsp3) is 0.529. The monoisotopic (exact) mass is 307 g/mol. The number of hydrogen-bond donors (Lipinski definition) is 1. The molecule has 0 spiro atoms. The molecule has 0 saturated carbocycles. The molecular weight excluding hydrogens is 282 g/mol. The Morgan fingerprint density at radius 3 is 2.27 bits per heavy atom. The van der Waals surface area contributed by atoms with Crippen molar-refractivity contribution in [3.05, 3.63) is 29.8 Å². The van der Waals surface area contributed by atoms with E-state index in [9.17, 15) is 9.59 Å². The molecular formula is C17H25NO4. The molecule has 0 aliphatic rings. The van der Waals surface area contributed by atoms with E-state index in [0.717, 1.165) is 12.0 Å². The second-order valence-corrected chi connectivity index (χ2v) is 6.64. The van der Waals surface area contributed by atoms with Crippen molar-refractivity contribution in [3.8, 4) is 5.75 Å². The first-order chi connectivity index (χ1) is 10.2. The quantitative estimate of drug-likeness (QED) is 0.841. The summed E-state index contributed by atoms with van der Waals surface area (Å²) in [5, 5.41) is 8.55. The van der Waals surface area contributed by atoms with Gasteiger partial charge < -0.3 is 14.7 Å². The predicted molar refractivity (Wildman–Crippen MR) is 84.7 cm³/mol. The molecule has 0 bridgehead atoms. The molecule has 0 aromatic heterocycles. The van der Waals surface area contributed by atoms with E-state index in [-0.39, 0.29) is 17.9 Å². The third-order valence-corrected chi connectivity index (χ3v) is 3.22. The summed E-state index contributed by atoms with van der Waals surface area (Å²) in [7, 11) is 1.79. The first-order valence-corrected chi connectivity index (χ1v) is 7.35. The molecule has 1 amide bonds. The number of carbonyl (C=O) groups excluding carboxylic acids is 1. The van der Waals surface area contributed by atoms with E-state index in [1.165, 1.54) is 0 Å². The van der Waals surface area contributed by atoms with Gasteiger partial charge in [0.05, 0.1) is 0 Å². The lowest BCUT2D eigenvalue weighted by Crippen LogP contribution is -2.27. The minimum atomic E-state index is -1.01. The summed E-state index contributed by atoms with van der Waals surface area (Å²) in [6.45, 7) is 6.54. The zero-order chi connectivity index (χ0) is 16.8. The number of carbonyl (C=O) groups is 2. The summed E-state index contributed by atoms with van der Waals surface area (Å²) in [5.74, 6) is -0.373. The number of carboxylic acids is 1. The number of hydrogen-bond acceptors (Lipinski definition) is 3. The van der Waals surface area contributed by atoms with E-state index in [1.807, 2.05) is 12.1 Å². The highest BCUT2D eigenvalue weighted by Gasteiger charge is 2.15. The molecule has 0 saturated heterocycles. The number of carboxylic acid groups (broad SMARTS) is 1. The number of nitrogens with zero attached hydrogens (tertiary/aromatic N) is 1. The Hall–Kier alpha value is -2.04. The molecule has 1 aromatic carbocycles. The van der Waals surface area contributed by atoms with E-state index in [0.29, 0.717) is 18.7 Å². The molecule has 1 rings (SSSR count). The summed E-state index contributed by atoms with van der Waals surface area (Å²) >= 11 is 0. The van der Waals surface area contributed by atoms with Crippen molar-refractivity contribution in [1.82, 2.24) is 4.90 Å². The Morgan fingerprint density at radius 1 is 1.18 bits per heavy atom. The van der Waals surface area contributed by atoms with Crippen molar-refractivity contribution >= 4 is 11.9 Å². The molecule has 22 heavy (non-hydrogen) atoms. The van der Waals surface area contributed by atoms with E-state index >= 15 is 0 Å². The van der Waals surface area contributed by atoms with Gasteiger partial charge in [0.25, 0.3) is 0 Å². The van der Waals surface area contributed by atoms with E-state index in [4.69, 9.17) is 9.84 Å². The molecule has 1 N–H and O–H groups in total. The molecule has 0 aliphatic heterocycles. The molecule has 0 atom stereocenters. The number of ether oxygens (including phenoxy) is 1. The van der Waals surface area contributed by atoms with Crippen molar-refractivity contribution < 1.29 is 19.4 Å². The van der Waals surface area contributed by atoms with Crippen LogP contribution in [0.15, 0.2) is 24.3 Å². The fourth-order valence-electron chi connectivity index (χ4n) is 1.87. The van der Waals surface area contributed by atoms with Gasteiger partial charge in [-0.05, 0) is 29.5 Å². The van der Waals surface area contributed by atoms with Gasteiger partial charge in [0.2, 0.25) is 5.91 Å². The van der Waals surface area contributed by atoms with Crippen LogP contribution in [0.2, 0.25) is 0 Å². The molecule has 0 aliphatic carbocycles. The molecule has 0 unspecified atom stereocenters. The first kappa shape index (κ1) is 18.0. The molecule has 122 valence electrons. The van der Waals surface area contributed by atoms with Gasteiger partial charge in [-0.3, -0.25) is 4.79 Å². The largest absolute Gasteiger partial charge is 0.482 e. The third kappa shape index (κ3) is 7.11. The molecule has 0 heterocycles. The first-order valence-electron chi connectivity index (χ1n) is 7.35. The molecule has 1 aromatic rings. The molecule has 5 nitrogen and oxygen atoms in total. The van der Waals surface area contributed by atoms with Crippen LogP contribution in [0.4, 0.5) is 0 Å². The van der Waals surface area contributed by atoms with Crippen LogP contribution in [-0.2, 0) is 16.1 Å². The van der Waals surface area contributed by atoms with Gasteiger partial charge in [0, 0.05) is 20.0 Å². The summed E-state index contributed by atoms with van der Waals surface area (Å²) in [4.78, 5) is 24.2. The summed E-state index contributed by atoms with van der Waals surface area (Å²) in [6, 6.07) is 7.10. The Balaban J connectivity index is 2.48. The smallest absolute Gasteiger partial charge is 0.341 e. The summed E-state index contributed by atoms with van der Waals surface area (Å²) in [6.07, 6.45) is 1.40. The number of aliphatic carboxylic acids is 1. The van der Waals surface area contributed by atoms with Crippen molar-refractivity contribution in [2.75, 3.05) is 13.7 Å². The minimum absolute atomic E-state index is 0.126. The topological polar surface area (TPSA) is 66.8 Å². The van der Waals surface area contributed by atoms with Gasteiger partial charge in [-0.1, -0.05) is 32.9 Å². The molecule has 0 fully saturated rings. The predicted octanol–water partition coefficient (Wildman–Crippen LogP) is 2.93. The van der Waals surface area contributed by atoms with Crippen LogP contribution in [-0.4, -0.2) is 35.5 Å². The number of amides is 1. The summed E-state index contributed by atoms with van der Waals surface area (Å²) < 4.78 is 5.07. The Morgan fingerprint density at radius 2 is 1.77 bits per heavy atom. The normalized spacial score (nSPS) is 11.1. The standard InChI is InChI=1S/C17H25NO4/c1-17(2,3)10-9-15(19)18(4)11-13-5-7-14(8-6-13)22-12-16(20)21/h5-8H,9-12H2,1-4H3,(H,20,21). The third-order valence-electron chi connectivity index (χ3n) is 3.22. The highest BCUT2D eigenvalue weighted by molar-refractivity contribution is 5.75. The van der Waals surface area contributed by atoms with Crippen LogP contribution in [0.25, 0.3) is 0 Å². The van der Waals surface area contributed by atoms with Crippen LogP contribution >= 0.6 is 0 Å². The van der Waals surface area contributed by atoms with Crippen LogP contribution in [0, 0.1) is 5.41 Å². The van der Waals surface area contributed by atoms with Gasteiger partial charge in [-0.25, -0.2) is 4.79 Å². The molecule has 0 radical (unpaired) electrons. The SMILES string of the molecule is CN(Cc1ccc(OCC(=O)O)cc1)C(=O)CCC(C)(C)C. The average Bonchev–Trinajstić information content (AvgIpc) is 2.43. The zero-order valence-corrected chi connectivity index (χ0v) is 13.8. The highest BCUT2D eigenvalue weighted by atomic mass is 16.5. The second-order valence-electron chi connectivity index (χ2n) is 6.64. The van der Waals surface area contributed by atoms with Crippen LogP contribution in [0.5, 0.6) is 5.75 Å². The van der Waals surface area contributed by atoms with Gasteiger partial charge in [-0.15, -0.1) is 0 Å². The Bertz CT molecular complexity index is 502. The minimum Gasteiger partial charge on any atom is -0.482 e. The van der Waals surface area contributed by atoms with Crippen LogP contribution in [0.3, 0.4) is 0 Å². The molecule has 5 heteroatoms. The lowest BCUT2D eigenvalue weighted by molar-refractivity contribution is -0.139. The van der Waals surface area contributed by atoms with Crippen molar-refractivity contribution in [2.45, 2.75) is 40.2 Å². The lowest BCUT2D eigenvalue weighted by atomic mass is 9.90. The van der Waals surface area contributed by atoms with E-state index < -0.39 is 5.97 Å². The Labute approximate surface area is 131 Å².